The van der Waals surface area contributed by atoms with E-state index in [1.807, 2.05) is 6.07 Å². The highest BCUT2D eigenvalue weighted by molar-refractivity contribution is 6.19. The van der Waals surface area contributed by atoms with Crippen molar-refractivity contribution >= 4 is 50.6 Å². The number of hydrogen-bond acceptors (Lipinski definition) is 4. The second-order valence-corrected chi connectivity index (χ2v) is 14.9. The SMILES string of the molecule is C1=CC2c3cccc(C4=NC(c5ccc(-c6ccccc6)cc5)N=C(n5c6ccccc6c6ccccc65)N4)c3OC2c2c1n(-c1ccccc1)c1ccccc21. The van der Waals surface area contributed by atoms with E-state index >= 15 is 0 Å². The number of hydrogen-bond donors (Lipinski definition) is 1. The minimum Gasteiger partial charge on any atom is -0.484 e. The minimum atomic E-state index is -0.490. The first-order valence-corrected chi connectivity index (χ1v) is 19.5. The fourth-order valence-electron chi connectivity index (χ4n) is 9.21. The molecule has 2 aliphatic heterocycles. The van der Waals surface area contributed by atoms with Gasteiger partial charge in [0.2, 0.25) is 5.96 Å². The molecule has 7 aromatic carbocycles. The molecule has 0 saturated carbocycles. The number of nitrogens with one attached hydrogen (secondary N) is 1. The molecule has 270 valence electrons. The normalized spacial score (nSPS) is 18.1. The highest BCUT2D eigenvalue weighted by Gasteiger charge is 2.42. The van der Waals surface area contributed by atoms with Gasteiger partial charge in [-0.2, -0.15) is 0 Å². The second kappa shape index (κ2) is 12.5. The molecule has 4 heterocycles. The Morgan fingerprint density at radius 3 is 1.86 bits per heavy atom. The van der Waals surface area contributed by atoms with Crippen LogP contribution in [0.2, 0.25) is 0 Å². The molecule has 57 heavy (non-hydrogen) atoms. The Labute approximate surface area is 329 Å². The largest absolute Gasteiger partial charge is 0.484 e. The Morgan fingerprint density at radius 1 is 0.526 bits per heavy atom. The molecule has 12 rings (SSSR count). The first-order valence-electron chi connectivity index (χ1n) is 19.5. The van der Waals surface area contributed by atoms with Gasteiger partial charge in [0.1, 0.15) is 17.7 Å². The summed E-state index contributed by atoms with van der Waals surface area (Å²) in [5.74, 6) is 2.36. The van der Waals surface area contributed by atoms with Crippen molar-refractivity contribution in [3.8, 4) is 22.6 Å². The van der Waals surface area contributed by atoms with Crippen LogP contribution in [0.3, 0.4) is 0 Å². The third kappa shape index (κ3) is 4.90. The molecule has 6 nitrogen and oxygen atoms in total. The first-order chi connectivity index (χ1) is 28.3. The van der Waals surface area contributed by atoms with Crippen molar-refractivity contribution in [2.75, 3.05) is 0 Å². The van der Waals surface area contributed by atoms with Gasteiger partial charge in [0.25, 0.3) is 0 Å². The molecule has 1 N–H and O–H groups in total. The fourth-order valence-corrected chi connectivity index (χ4v) is 9.21. The van der Waals surface area contributed by atoms with Crippen LogP contribution in [0.4, 0.5) is 0 Å². The number of para-hydroxylation sites is 5. The summed E-state index contributed by atoms with van der Waals surface area (Å²) in [5.41, 5.74) is 12.3. The smallest absolute Gasteiger partial charge is 0.211 e. The quantitative estimate of drug-likeness (QED) is 0.196. The summed E-state index contributed by atoms with van der Waals surface area (Å²) in [6.07, 6.45) is 3.93. The molecule has 6 heteroatoms. The molecule has 0 spiro atoms. The van der Waals surface area contributed by atoms with E-state index < -0.39 is 6.17 Å². The molecule has 9 aromatic rings. The summed E-state index contributed by atoms with van der Waals surface area (Å²) < 4.78 is 11.8. The van der Waals surface area contributed by atoms with Gasteiger partial charge in [0.05, 0.1) is 27.8 Å². The molecule has 0 bridgehead atoms. The van der Waals surface area contributed by atoms with Crippen molar-refractivity contribution in [1.29, 1.82) is 0 Å². The molecule has 1 aliphatic carbocycles. The lowest BCUT2D eigenvalue weighted by atomic mass is 9.85. The maximum atomic E-state index is 7.22. The molecular formula is C51H35N5O. The lowest BCUT2D eigenvalue weighted by Gasteiger charge is -2.24. The Hall–Kier alpha value is -7.44. The average molecular weight is 734 g/mol. The predicted molar refractivity (Wildman–Crippen MR) is 231 cm³/mol. The number of benzene rings is 7. The van der Waals surface area contributed by atoms with Crippen molar-refractivity contribution < 1.29 is 4.74 Å². The van der Waals surface area contributed by atoms with Crippen molar-refractivity contribution in [2.24, 2.45) is 9.98 Å². The van der Waals surface area contributed by atoms with Gasteiger partial charge in [0.15, 0.2) is 6.17 Å². The van der Waals surface area contributed by atoms with Crippen molar-refractivity contribution in [3.63, 3.8) is 0 Å². The highest BCUT2D eigenvalue weighted by atomic mass is 16.5. The second-order valence-electron chi connectivity index (χ2n) is 14.9. The first kappa shape index (κ1) is 31.9. The van der Waals surface area contributed by atoms with Gasteiger partial charge in [0, 0.05) is 38.9 Å². The highest BCUT2D eigenvalue weighted by Crippen LogP contribution is 2.54. The van der Waals surface area contributed by atoms with Crippen LogP contribution in [0.1, 0.15) is 46.1 Å². The van der Waals surface area contributed by atoms with E-state index in [2.05, 4.69) is 196 Å². The average Bonchev–Trinajstić information content (AvgIpc) is 3.95. The van der Waals surface area contributed by atoms with Gasteiger partial charge in [-0.15, -0.1) is 0 Å². The van der Waals surface area contributed by atoms with E-state index in [4.69, 9.17) is 14.7 Å². The van der Waals surface area contributed by atoms with Crippen molar-refractivity contribution in [3.05, 3.63) is 210 Å². The summed E-state index contributed by atoms with van der Waals surface area (Å²) in [7, 11) is 0. The zero-order chi connectivity index (χ0) is 37.5. The molecule has 3 atom stereocenters. The Morgan fingerprint density at radius 2 is 1.14 bits per heavy atom. The summed E-state index contributed by atoms with van der Waals surface area (Å²) in [6, 6.07) is 61.9. The third-order valence-electron chi connectivity index (χ3n) is 11.8. The van der Waals surface area contributed by atoms with Crippen LogP contribution in [0.5, 0.6) is 5.75 Å². The topological polar surface area (TPSA) is 55.8 Å². The molecule has 0 fully saturated rings. The predicted octanol–water partition coefficient (Wildman–Crippen LogP) is 11.6. The molecule has 2 aromatic heterocycles. The summed E-state index contributed by atoms with van der Waals surface area (Å²) in [4.78, 5) is 10.7. The van der Waals surface area contributed by atoms with E-state index in [9.17, 15) is 0 Å². The monoisotopic (exact) mass is 733 g/mol. The zero-order valence-corrected chi connectivity index (χ0v) is 30.8. The zero-order valence-electron chi connectivity index (χ0n) is 30.8. The van der Waals surface area contributed by atoms with E-state index in [1.54, 1.807) is 0 Å². The van der Waals surface area contributed by atoms with E-state index in [-0.39, 0.29) is 12.0 Å². The summed E-state index contributed by atoms with van der Waals surface area (Å²) in [5, 5.41) is 7.30. The molecule has 3 unspecified atom stereocenters. The number of amidine groups is 1. The third-order valence-corrected chi connectivity index (χ3v) is 11.8. The molecule has 0 saturated heterocycles. The minimum absolute atomic E-state index is 0.0541. The van der Waals surface area contributed by atoms with Crippen LogP contribution < -0.4 is 10.1 Å². The van der Waals surface area contributed by atoms with E-state index in [0.29, 0.717) is 0 Å². The van der Waals surface area contributed by atoms with Crippen molar-refractivity contribution in [1.82, 2.24) is 14.5 Å². The van der Waals surface area contributed by atoms with Crippen LogP contribution in [-0.2, 0) is 0 Å². The van der Waals surface area contributed by atoms with Crippen LogP contribution in [0, 0.1) is 0 Å². The summed E-state index contributed by atoms with van der Waals surface area (Å²) >= 11 is 0. The lowest BCUT2D eigenvalue weighted by molar-refractivity contribution is 0.224. The molecular weight excluding hydrogens is 699 g/mol. The van der Waals surface area contributed by atoms with Crippen LogP contribution in [0.15, 0.2) is 192 Å². The summed E-state index contributed by atoms with van der Waals surface area (Å²) in [6.45, 7) is 0. The molecule has 0 radical (unpaired) electrons. The Kier molecular flexibility index (Phi) is 7.01. The number of aromatic nitrogens is 2. The number of ether oxygens (including phenoxy) is 1. The van der Waals surface area contributed by atoms with E-state index in [0.717, 1.165) is 62.2 Å². The van der Waals surface area contributed by atoms with Gasteiger partial charge in [-0.1, -0.05) is 146 Å². The van der Waals surface area contributed by atoms with Crippen LogP contribution in [-0.4, -0.2) is 20.9 Å². The Balaban J connectivity index is 1.00. The molecule has 3 aliphatic rings. The van der Waals surface area contributed by atoms with E-state index in [1.165, 1.54) is 32.8 Å². The van der Waals surface area contributed by atoms with Gasteiger partial charge >= 0.3 is 0 Å². The lowest BCUT2D eigenvalue weighted by Crippen LogP contribution is -2.39. The van der Waals surface area contributed by atoms with Crippen LogP contribution >= 0.6 is 0 Å². The van der Waals surface area contributed by atoms with Gasteiger partial charge in [-0.3, -0.25) is 4.57 Å². The Bertz CT molecular complexity index is 3080. The number of fused-ring (bicyclic) bond motifs is 10. The fraction of sp³-hybridized carbons (Fsp3) is 0.0588. The number of aliphatic imine (C=N–C) groups is 2. The standard InChI is InChI=1S/C51H35N5O/c1-3-14-32(15-4-1)33-26-28-34(29-27-33)49-52-50(54-51(53-49)56-42-23-10-7-18-36(42)37-19-8-11-24-43(37)56)41-22-13-21-38-39-30-31-45-46(48(39)57-47(38)41)40-20-9-12-25-44(40)55(45)35-16-5-2-6-17-35/h1-31,39,48-49H,(H,52,53,54). The van der Waals surface area contributed by atoms with Gasteiger partial charge in [-0.25, -0.2) is 9.98 Å². The number of nitrogens with zero attached hydrogens (tertiary/aromatic N) is 4. The molecule has 0 amide bonds. The maximum Gasteiger partial charge on any atom is 0.211 e. The van der Waals surface area contributed by atoms with Gasteiger partial charge in [-0.05, 0) is 59.2 Å². The van der Waals surface area contributed by atoms with Crippen molar-refractivity contribution in [2.45, 2.75) is 18.2 Å². The number of rotatable bonds is 4. The van der Waals surface area contributed by atoms with Gasteiger partial charge < -0.3 is 14.6 Å². The maximum absolute atomic E-state index is 7.22. The van der Waals surface area contributed by atoms with Crippen LogP contribution in [0.25, 0.3) is 55.6 Å².